The standard InChI is InChI=1S/C23H42O14/c1-9-12(24)17(30-5)19(21(27)33-9)37-23-20(32-7)18(31-6)15(10(2)34-23)36-22-14(26)16(29-4)13(25)11(35-22)8-28-3/h9-27H,8H2,1-7H3/t9-,10-,11+,12-,13+,14+,15-,16-,17+,18+,19+,20+,21?,22-,23-/m0/s1. The lowest BCUT2D eigenvalue weighted by molar-refractivity contribution is -0.381. The Morgan fingerprint density at radius 2 is 1.14 bits per heavy atom. The third kappa shape index (κ3) is 6.44. The summed E-state index contributed by atoms with van der Waals surface area (Å²) < 4.78 is 56.6. The van der Waals surface area contributed by atoms with Gasteiger partial charge in [-0.05, 0) is 13.8 Å². The van der Waals surface area contributed by atoms with Crippen LogP contribution in [0.3, 0.4) is 0 Å². The second-order valence-electron chi connectivity index (χ2n) is 9.41. The van der Waals surface area contributed by atoms with E-state index in [4.69, 9.17) is 47.4 Å². The summed E-state index contributed by atoms with van der Waals surface area (Å²) in [5, 5.41) is 42.2. The minimum atomic E-state index is -1.39. The molecule has 0 aromatic rings. The van der Waals surface area contributed by atoms with Gasteiger partial charge in [0.05, 0.1) is 18.8 Å². The first-order valence-corrected chi connectivity index (χ1v) is 12.2. The SMILES string of the molecule is COC[C@H]1O[C@@H](O[C@@H]2[C@@H](OC)[C@@H](OC)[C@H](O[C@H]3C(O)O[C@@H](C)[C@H](O)[C@H]3OC)O[C@H]2C)[C@H](O)[C@@H](OC)[C@@H]1O. The van der Waals surface area contributed by atoms with Crippen LogP contribution >= 0.6 is 0 Å². The Kier molecular flexibility index (Phi) is 11.4. The van der Waals surface area contributed by atoms with Crippen molar-refractivity contribution in [1.29, 1.82) is 0 Å². The minimum absolute atomic E-state index is 0.0472. The quantitative estimate of drug-likeness (QED) is 0.233. The number of ether oxygens (including phenoxy) is 10. The van der Waals surface area contributed by atoms with Crippen molar-refractivity contribution >= 4 is 0 Å². The van der Waals surface area contributed by atoms with Crippen molar-refractivity contribution in [3.05, 3.63) is 0 Å². The molecule has 3 aliphatic heterocycles. The van der Waals surface area contributed by atoms with Crippen LogP contribution in [0.15, 0.2) is 0 Å². The van der Waals surface area contributed by atoms with Gasteiger partial charge in [0, 0.05) is 35.5 Å². The molecule has 0 amide bonds. The van der Waals surface area contributed by atoms with Crippen molar-refractivity contribution in [2.24, 2.45) is 0 Å². The zero-order chi connectivity index (χ0) is 27.4. The van der Waals surface area contributed by atoms with E-state index in [0.29, 0.717) is 0 Å². The molecule has 1 unspecified atom stereocenters. The van der Waals surface area contributed by atoms with Gasteiger partial charge >= 0.3 is 0 Å². The lowest BCUT2D eigenvalue weighted by Gasteiger charge is -2.49. The Hall–Kier alpha value is -0.560. The molecule has 0 aliphatic carbocycles. The van der Waals surface area contributed by atoms with E-state index in [-0.39, 0.29) is 6.61 Å². The van der Waals surface area contributed by atoms with Crippen molar-refractivity contribution in [2.75, 3.05) is 42.2 Å². The fraction of sp³-hybridized carbons (Fsp3) is 1.00. The van der Waals surface area contributed by atoms with Crippen LogP contribution in [0.25, 0.3) is 0 Å². The van der Waals surface area contributed by atoms with Crippen molar-refractivity contribution in [1.82, 2.24) is 0 Å². The molecular weight excluding hydrogens is 500 g/mol. The lowest BCUT2D eigenvalue weighted by Crippen LogP contribution is -2.66. The number of rotatable bonds is 10. The number of hydrogen-bond donors (Lipinski definition) is 4. The Morgan fingerprint density at radius 3 is 1.70 bits per heavy atom. The number of aliphatic hydroxyl groups excluding tert-OH is 4. The molecule has 3 aliphatic rings. The van der Waals surface area contributed by atoms with Crippen molar-refractivity contribution in [3.8, 4) is 0 Å². The van der Waals surface area contributed by atoms with Crippen LogP contribution in [0.4, 0.5) is 0 Å². The first-order chi connectivity index (χ1) is 17.6. The smallest absolute Gasteiger partial charge is 0.187 e. The predicted octanol–water partition coefficient (Wildman–Crippen LogP) is -2.25. The minimum Gasteiger partial charge on any atom is -0.388 e. The molecule has 0 aromatic carbocycles. The highest BCUT2D eigenvalue weighted by atomic mass is 16.8. The molecule has 37 heavy (non-hydrogen) atoms. The lowest BCUT2D eigenvalue weighted by atomic mass is 9.96. The maximum absolute atomic E-state index is 10.8. The molecule has 0 aromatic heterocycles. The summed E-state index contributed by atoms with van der Waals surface area (Å²) in [4.78, 5) is 0. The summed E-state index contributed by atoms with van der Waals surface area (Å²) in [5.74, 6) is 0. The monoisotopic (exact) mass is 542 g/mol. The molecule has 3 rings (SSSR count). The van der Waals surface area contributed by atoms with Crippen LogP contribution in [0.2, 0.25) is 0 Å². The maximum atomic E-state index is 10.8. The molecule has 0 bridgehead atoms. The second kappa shape index (κ2) is 13.7. The largest absolute Gasteiger partial charge is 0.388 e. The molecule has 4 N–H and O–H groups in total. The topological polar surface area (TPSA) is 173 Å². The van der Waals surface area contributed by atoms with E-state index >= 15 is 0 Å². The highest BCUT2D eigenvalue weighted by Gasteiger charge is 2.53. The number of methoxy groups -OCH3 is 5. The van der Waals surface area contributed by atoms with Crippen LogP contribution in [-0.2, 0) is 47.4 Å². The Labute approximate surface area is 216 Å². The molecule has 218 valence electrons. The average Bonchev–Trinajstić information content (AvgIpc) is 2.87. The van der Waals surface area contributed by atoms with E-state index in [0.717, 1.165) is 0 Å². The Morgan fingerprint density at radius 1 is 0.541 bits per heavy atom. The van der Waals surface area contributed by atoms with Crippen LogP contribution < -0.4 is 0 Å². The van der Waals surface area contributed by atoms with E-state index in [1.165, 1.54) is 35.5 Å². The van der Waals surface area contributed by atoms with Crippen molar-refractivity contribution in [2.45, 2.75) is 106 Å². The first kappa shape index (κ1) is 31.0. The van der Waals surface area contributed by atoms with Crippen LogP contribution in [-0.4, -0.2) is 155 Å². The van der Waals surface area contributed by atoms with Gasteiger partial charge in [0.1, 0.15) is 61.0 Å². The van der Waals surface area contributed by atoms with Gasteiger partial charge in [-0.1, -0.05) is 0 Å². The average molecular weight is 543 g/mol. The first-order valence-electron chi connectivity index (χ1n) is 12.2. The van der Waals surface area contributed by atoms with Gasteiger partial charge < -0.3 is 67.8 Å². The molecule has 3 fully saturated rings. The summed E-state index contributed by atoms with van der Waals surface area (Å²) in [7, 11) is 7.11. The van der Waals surface area contributed by atoms with E-state index in [2.05, 4.69) is 0 Å². The van der Waals surface area contributed by atoms with Gasteiger partial charge in [-0.25, -0.2) is 0 Å². The molecule has 0 radical (unpaired) electrons. The van der Waals surface area contributed by atoms with E-state index in [1.54, 1.807) is 13.8 Å². The van der Waals surface area contributed by atoms with Gasteiger partial charge in [0.2, 0.25) is 0 Å². The Balaban J connectivity index is 1.77. The molecule has 14 nitrogen and oxygen atoms in total. The fourth-order valence-corrected chi connectivity index (χ4v) is 5.11. The third-order valence-corrected chi connectivity index (χ3v) is 7.15. The Bertz CT molecular complexity index is 686. The van der Waals surface area contributed by atoms with Gasteiger partial charge in [-0.15, -0.1) is 0 Å². The van der Waals surface area contributed by atoms with Gasteiger partial charge in [0.15, 0.2) is 18.9 Å². The number of aliphatic hydroxyl groups is 4. The highest BCUT2D eigenvalue weighted by Crippen LogP contribution is 2.34. The van der Waals surface area contributed by atoms with E-state index in [9.17, 15) is 20.4 Å². The number of hydrogen-bond acceptors (Lipinski definition) is 14. The molecule has 0 saturated carbocycles. The summed E-state index contributed by atoms with van der Waals surface area (Å²) in [6, 6.07) is 0. The van der Waals surface area contributed by atoms with E-state index in [1.807, 2.05) is 0 Å². The summed E-state index contributed by atoms with van der Waals surface area (Å²) in [6.07, 6.45) is -14.8. The normalized spacial score (nSPS) is 49.2. The highest BCUT2D eigenvalue weighted by molar-refractivity contribution is 4.96. The van der Waals surface area contributed by atoms with Gasteiger partial charge in [0.25, 0.3) is 0 Å². The maximum Gasteiger partial charge on any atom is 0.187 e. The molecule has 0 spiro atoms. The van der Waals surface area contributed by atoms with Gasteiger partial charge in [-0.2, -0.15) is 0 Å². The summed E-state index contributed by atoms with van der Waals surface area (Å²) in [5.41, 5.74) is 0. The summed E-state index contributed by atoms with van der Waals surface area (Å²) in [6.45, 7) is 3.37. The zero-order valence-corrected chi connectivity index (χ0v) is 22.2. The molecular formula is C23H42O14. The molecule has 3 heterocycles. The second-order valence-corrected chi connectivity index (χ2v) is 9.41. The van der Waals surface area contributed by atoms with E-state index < -0.39 is 92.1 Å². The molecule has 14 heteroatoms. The van der Waals surface area contributed by atoms with Crippen molar-refractivity contribution < 1.29 is 67.8 Å². The third-order valence-electron chi connectivity index (χ3n) is 7.15. The van der Waals surface area contributed by atoms with Crippen LogP contribution in [0, 0.1) is 0 Å². The fourth-order valence-electron chi connectivity index (χ4n) is 5.11. The predicted molar refractivity (Wildman–Crippen MR) is 122 cm³/mol. The molecule has 15 atom stereocenters. The van der Waals surface area contributed by atoms with Gasteiger partial charge in [-0.3, -0.25) is 0 Å². The summed E-state index contributed by atoms with van der Waals surface area (Å²) >= 11 is 0. The van der Waals surface area contributed by atoms with Crippen LogP contribution in [0.1, 0.15) is 13.8 Å². The van der Waals surface area contributed by atoms with Crippen molar-refractivity contribution in [3.63, 3.8) is 0 Å². The van der Waals surface area contributed by atoms with Crippen LogP contribution in [0.5, 0.6) is 0 Å². The molecule has 3 saturated heterocycles. The zero-order valence-electron chi connectivity index (χ0n) is 22.2.